The Morgan fingerprint density at radius 2 is 2.24 bits per heavy atom. The minimum Gasteiger partial charge on any atom is -0.481 e. The first kappa shape index (κ1) is 15.8. The summed E-state index contributed by atoms with van der Waals surface area (Å²) in [5, 5.41) is 13.7. The summed E-state index contributed by atoms with van der Waals surface area (Å²) in [6.07, 6.45) is 4.02. The number of carboxylic acid groups (broad SMARTS) is 1. The average molecular weight is 341 g/mol. The number of hydrogen-bond donors (Lipinski definition) is 1. The SMILES string of the molecule is Cc1onc(-c2ccccn2)c1C(=O)N1C[C@@H]2CCC[C@@]2(C(=O)O)C1. The van der Waals surface area contributed by atoms with E-state index < -0.39 is 11.4 Å². The van der Waals surface area contributed by atoms with E-state index in [0.717, 1.165) is 12.8 Å². The summed E-state index contributed by atoms with van der Waals surface area (Å²) < 4.78 is 5.24. The van der Waals surface area contributed by atoms with Crippen molar-refractivity contribution >= 4 is 11.9 Å². The lowest BCUT2D eigenvalue weighted by Crippen LogP contribution is -2.37. The lowest BCUT2D eigenvalue weighted by Gasteiger charge is -2.23. The maximum Gasteiger partial charge on any atom is 0.311 e. The first-order chi connectivity index (χ1) is 12.0. The second kappa shape index (κ2) is 5.68. The van der Waals surface area contributed by atoms with Gasteiger partial charge in [-0.2, -0.15) is 0 Å². The predicted octanol–water partition coefficient (Wildman–Crippen LogP) is 2.37. The van der Waals surface area contributed by atoms with Crippen LogP contribution in [0.3, 0.4) is 0 Å². The van der Waals surface area contributed by atoms with Crippen molar-refractivity contribution in [3.63, 3.8) is 0 Å². The van der Waals surface area contributed by atoms with Crippen LogP contribution in [0.5, 0.6) is 0 Å². The van der Waals surface area contributed by atoms with Crippen molar-refractivity contribution in [1.82, 2.24) is 15.0 Å². The maximum absolute atomic E-state index is 13.1. The quantitative estimate of drug-likeness (QED) is 0.920. The monoisotopic (exact) mass is 341 g/mol. The Balaban J connectivity index is 1.67. The average Bonchev–Trinajstić information content (AvgIpc) is 3.27. The van der Waals surface area contributed by atoms with Crippen LogP contribution in [-0.4, -0.2) is 45.1 Å². The molecule has 2 atom stereocenters. The summed E-state index contributed by atoms with van der Waals surface area (Å²) in [6, 6.07) is 5.38. The molecular weight excluding hydrogens is 322 g/mol. The van der Waals surface area contributed by atoms with E-state index >= 15 is 0 Å². The van der Waals surface area contributed by atoms with Crippen molar-refractivity contribution in [3.05, 3.63) is 35.7 Å². The molecule has 4 rings (SSSR count). The molecule has 7 heteroatoms. The van der Waals surface area contributed by atoms with E-state index in [-0.39, 0.29) is 18.4 Å². The molecule has 2 fully saturated rings. The fourth-order valence-corrected chi connectivity index (χ4v) is 4.25. The van der Waals surface area contributed by atoms with E-state index in [2.05, 4.69) is 10.1 Å². The van der Waals surface area contributed by atoms with E-state index in [1.54, 1.807) is 30.2 Å². The molecule has 25 heavy (non-hydrogen) atoms. The molecule has 3 heterocycles. The molecule has 0 radical (unpaired) electrons. The summed E-state index contributed by atoms with van der Waals surface area (Å²) in [4.78, 5) is 30.8. The van der Waals surface area contributed by atoms with Crippen molar-refractivity contribution in [2.24, 2.45) is 11.3 Å². The maximum atomic E-state index is 13.1. The zero-order valence-corrected chi connectivity index (χ0v) is 13.9. The summed E-state index contributed by atoms with van der Waals surface area (Å²) in [5.74, 6) is -0.578. The van der Waals surface area contributed by atoms with Gasteiger partial charge in [0.2, 0.25) is 0 Å². The van der Waals surface area contributed by atoms with Gasteiger partial charge in [-0.15, -0.1) is 0 Å². The number of fused-ring (bicyclic) bond motifs is 1. The Bertz CT molecular complexity index is 832. The number of rotatable bonds is 3. The first-order valence-corrected chi connectivity index (χ1v) is 8.43. The molecule has 0 spiro atoms. The largest absolute Gasteiger partial charge is 0.481 e. The van der Waals surface area contributed by atoms with Crippen LogP contribution < -0.4 is 0 Å². The topological polar surface area (TPSA) is 96.5 Å². The predicted molar refractivity (Wildman–Crippen MR) is 87.8 cm³/mol. The Morgan fingerprint density at radius 1 is 1.40 bits per heavy atom. The minimum absolute atomic E-state index is 0.0208. The molecule has 2 aliphatic rings. The van der Waals surface area contributed by atoms with Gasteiger partial charge in [0.05, 0.1) is 11.1 Å². The molecule has 1 N–H and O–H groups in total. The van der Waals surface area contributed by atoms with E-state index in [1.165, 1.54) is 0 Å². The Morgan fingerprint density at radius 3 is 2.92 bits per heavy atom. The number of likely N-dealkylation sites (tertiary alicyclic amines) is 1. The lowest BCUT2D eigenvalue weighted by atomic mass is 9.81. The van der Waals surface area contributed by atoms with Crippen molar-refractivity contribution in [2.75, 3.05) is 13.1 Å². The highest BCUT2D eigenvalue weighted by molar-refractivity contribution is 6.01. The van der Waals surface area contributed by atoms with Crippen LogP contribution in [0, 0.1) is 18.3 Å². The van der Waals surface area contributed by atoms with Crippen LogP contribution in [0.1, 0.15) is 35.4 Å². The number of aliphatic carboxylic acids is 1. The van der Waals surface area contributed by atoms with Gasteiger partial charge in [-0.3, -0.25) is 14.6 Å². The fraction of sp³-hybridized carbons (Fsp3) is 0.444. The second-order valence-corrected chi connectivity index (χ2v) is 6.91. The van der Waals surface area contributed by atoms with Gasteiger partial charge in [0.15, 0.2) is 0 Å². The van der Waals surface area contributed by atoms with E-state index in [4.69, 9.17) is 4.52 Å². The molecule has 1 amide bonds. The van der Waals surface area contributed by atoms with Gasteiger partial charge in [0.1, 0.15) is 17.0 Å². The van der Waals surface area contributed by atoms with Gasteiger partial charge in [0, 0.05) is 19.3 Å². The molecule has 1 saturated heterocycles. The zero-order chi connectivity index (χ0) is 17.6. The van der Waals surface area contributed by atoms with E-state index in [9.17, 15) is 14.7 Å². The van der Waals surface area contributed by atoms with Crippen LogP contribution in [-0.2, 0) is 4.79 Å². The van der Waals surface area contributed by atoms with Crippen LogP contribution in [0.4, 0.5) is 0 Å². The number of pyridine rings is 1. The summed E-state index contributed by atoms with van der Waals surface area (Å²) in [7, 11) is 0. The highest BCUT2D eigenvalue weighted by Gasteiger charge is 2.56. The van der Waals surface area contributed by atoms with Crippen LogP contribution in [0.15, 0.2) is 28.9 Å². The molecule has 130 valence electrons. The molecule has 0 bridgehead atoms. The highest BCUT2D eigenvalue weighted by Crippen LogP contribution is 2.49. The van der Waals surface area contributed by atoms with Crippen molar-refractivity contribution < 1.29 is 19.2 Å². The third-order valence-corrected chi connectivity index (χ3v) is 5.57. The number of nitrogens with zero attached hydrogens (tertiary/aromatic N) is 3. The molecular formula is C18H19N3O4. The van der Waals surface area contributed by atoms with Gasteiger partial charge in [-0.1, -0.05) is 17.6 Å². The van der Waals surface area contributed by atoms with Gasteiger partial charge >= 0.3 is 5.97 Å². The van der Waals surface area contributed by atoms with Gasteiger partial charge < -0.3 is 14.5 Å². The smallest absolute Gasteiger partial charge is 0.311 e. The standard InChI is InChI=1S/C18H19N3O4/c1-11-14(15(20-25-11)13-6-2-3-8-19-13)16(22)21-9-12-5-4-7-18(12,10-21)17(23)24/h2-3,6,8,12H,4-5,7,9-10H2,1H3,(H,23,24)/t12-,18+/m0/s1. The first-order valence-electron chi connectivity index (χ1n) is 8.43. The fourth-order valence-electron chi connectivity index (χ4n) is 4.25. The van der Waals surface area contributed by atoms with Gasteiger partial charge in [0.25, 0.3) is 5.91 Å². The van der Waals surface area contributed by atoms with Crippen molar-refractivity contribution in [2.45, 2.75) is 26.2 Å². The van der Waals surface area contributed by atoms with Crippen molar-refractivity contribution in [1.29, 1.82) is 0 Å². The minimum atomic E-state index is -0.800. The van der Waals surface area contributed by atoms with Crippen molar-refractivity contribution in [3.8, 4) is 11.4 Å². The summed E-state index contributed by atoms with van der Waals surface area (Å²) in [6.45, 7) is 2.41. The Labute approximate surface area is 144 Å². The van der Waals surface area contributed by atoms with Crippen LogP contribution in [0.2, 0.25) is 0 Å². The second-order valence-electron chi connectivity index (χ2n) is 6.91. The van der Waals surface area contributed by atoms with Crippen LogP contribution in [0.25, 0.3) is 11.4 Å². The van der Waals surface area contributed by atoms with Crippen LogP contribution >= 0.6 is 0 Å². The van der Waals surface area contributed by atoms with Gasteiger partial charge in [-0.05, 0) is 37.8 Å². The molecule has 0 unspecified atom stereocenters. The normalized spacial score (nSPS) is 25.2. The van der Waals surface area contributed by atoms with E-state index in [1.807, 2.05) is 6.07 Å². The number of amides is 1. The van der Waals surface area contributed by atoms with E-state index in [0.29, 0.717) is 35.7 Å². The molecule has 1 aliphatic carbocycles. The molecule has 7 nitrogen and oxygen atoms in total. The highest BCUT2D eigenvalue weighted by atomic mass is 16.5. The molecule has 1 saturated carbocycles. The molecule has 1 aliphatic heterocycles. The third-order valence-electron chi connectivity index (χ3n) is 5.57. The summed E-state index contributed by atoms with van der Waals surface area (Å²) in [5.41, 5.74) is 0.546. The number of carbonyl (C=O) groups excluding carboxylic acids is 1. The number of aryl methyl sites for hydroxylation is 1. The number of hydrogen-bond acceptors (Lipinski definition) is 5. The Hall–Kier alpha value is -2.70. The third kappa shape index (κ3) is 2.33. The Kier molecular flexibility index (Phi) is 3.59. The summed E-state index contributed by atoms with van der Waals surface area (Å²) >= 11 is 0. The molecule has 2 aromatic heterocycles. The number of carbonyl (C=O) groups is 2. The molecule has 2 aromatic rings. The molecule has 0 aromatic carbocycles. The lowest BCUT2D eigenvalue weighted by molar-refractivity contribution is -0.149. The van der Waals surface area contributed by atoms with Gasteiger partial charge in [-0.25, -0.2) is 0 Å². The number of aromatic nitrogens is 2. The zero-order valence-electron chi connectivity index (χ0n) is 13.9. The number of carboxylic acids is 1.